The molecule has 1 aromatic carbocycles. The van der Waals surface area contributed by atoms with Crippen molar-refractivity contribution in [1.29, 1.82) is 0 Å². The first kappa shape index (κ1) is 15.0. The van der Waals surface area contributed by atoms with Gasteiger partial charge in [0.1, 0.15) is 11.4 Å². The molecule has 0 radical (unpaired) electrons. The second-order valence-electron chi connectivity index (χ2n) is 4.87. The largest absolute Gasteiger partial charge is 0.479 e. The topological polar surface area (TPSA) is 57.6 Å². The number of carbonyl (C=O) groups excluding carboxylic acids is 1. The van der Waals surface area contributed by atoms with E-state index in [1.54, 1.807) is 6.92 Å². The molecule has 0 bridgehead atoms. The van der Waals surface area contributed by atoms with Gasteiger partial charge in [0.05, 0.1) is 5.56 Å². The van der Waals surface area contributed by atoms with Crippen LogP contribution >= 0.6 is 15.9 Å². The normalized spacial score (nSPS) is 22.1. The van der Waals surface area contributed by atoms with Crippen molar-refractivity contribution in [3.63, 3.8) is 0 Å². The Balaban J connectivity index is 2.42. The molecule has 1 fully saturated rings. The van der Waals surface area contributed by atoms with E-state index in [0.717, 1.165) is 6.07 Å². The van der Waals surface area contributed by atoms with E-state index in [2.05, 4.69) is 15.9 Å². The fraction of sp³-hybridized carbons (Fsp3) is 0.429. The number of halogens is 2. The smallest absolute Gasteiger partial charge is 0.329 e. The lowest BCUT2D eigenvalue weighted by Gasteiger charge is -2.34. The lowest BCUT2D eigenvalue weighted by molar-refractivity contribution is -0.148. The highest BCUT2D eigenvalue weighted by atomic mass is 79.9. The summed E-state index contributed by atoms with van der Waals surface area (Å²) in [5.74, 6) is -1.97. The third-order valence-corrected chi connectivity index (χ3v) is 4.57. The molecule has 108 valence electrons. The number of aliphatic carboxylic acids is 1. The van der Waals surface area contributed by atoms with Gasteiger partial charge in [-0.2, -0.15) is 0 Å². The van der Waals surface area contributed by atoms with Crippen LogP contribution in [0.4, 0.5) is 4.39 Å². The molecule has 4 nitrogen and oxygen atoms in total. The number of amides is 1. The van der Waals surface area contributed by atoms with Crippen LogP contribution in [0.5, 0.6) is 0 Å². The van der Waals surface area contributed by atoms with Crippen molar-refractivity contribution in [2.24, 2.45) is 0 Å². The molecule has 1 heterocycles. The monoisotopic (exact) mass is 343 g/mol. The van der Waals surface area contributed by atoms with E-state index in [9.17, 15) is 19.1 Å². The standard InChI is InChI=1S/C14H15BrFNO3/c1-2-14(13(19)20)6-3-7-17(14)12(18)10-8-9(16)4-5-11(10)15/h4-5,8H,2-3,6-7H2,1H3,(H,19,20). The van der Waals surface area contributed by atoms with Gasteiger partial charge in [0, 0.05) is 11.0 Å². The molecule has 1 aliphatic rings. The number of carboxylic acid groups (broad SMARTS) is 1. The second-order valence-corrected chi connectivity index (χ2v) is 5.73. The molecule has 1 aliphatic heterocycles. The lowest BCUT2D eigenvalue weighted by Crippen LogP contribution is -2.52. The minimum atomic E-state index is -1.18. The molecule has 6 heteroatoms. The van der Waals surface area contributed by atoms with Gasteiger partial charge in [0.2, 0.25) is 0 Å². The van der Waals surface area contributed by atoms with Crippen LogP contribution in [0.2, 0.25) is 0 Å². The molecule has 0 aliphatic carbocycles. The van der Waals surface area contributed by atoms with Crippen molar-refractivity contribution in [1.82, 2.24) is 4.90 Å². The van der Waals surface area contributed by atoms with Gasteiger partial charge >= 0.3 is 5.97 Å². The Morgan fingerprint density at radius 1 is 1.50 bits per heavy atom. The second kappa shape index (κ2) is 5.52. The average Bonchev–Trinajstić information content (AvgIpc) is 2.85. The van der Waals surface area contributed by atoms with Crippen LogP contribution in [-0.2, 0) is 4.79 Å². The number of carboxylic acids is 1. The third kappa shape index (κ3) is 2.32. The summed E-state index contributed by atoms with van der Waals surface area (Å²) in [5, 5.41) is 9.47. The fourth-order valence-electron chi connectivity index (χ4n) is 2.72. The molecule has 0 saturated carbocycles. The van der Waals surface area contributed by atoms with Gasteiger partial charge in [0.15, 0.2) is 0 Å². The maximum atomic E-state index is 13.3. The summed E-state index contributed by atoms with van der Waals surface area (Å²) in [5.41, 5.74) is -1.02. The van der Waals surface area contributed by atoms with E-state index in [0.29, 0.717) is 30.3 Å². The minimum Gasteiger partial charge on any atom is -0.479 e. The molecule has 1 saturated heterocycles. The van der Waals surface area contributed by atoms with Gasteiger partial charge in [-0.05, 0) is 53.4 Å². The van der Waals surface area contributed by atoms with Gasteiger partial charge in [0.25, 0.3) is 5.91 Å². The van der Waals surface area contributed by atoms with E-state index in [-0.39, 0.29) is 5.56 Å². The van der Waals surface area contributed by atoms with Crippen molar-refractivity contribution in [2.45, 2.75) is 31.7 Å². The number of benzene rings is 1. The molecule has 20 heavy (non-hydrogen) atoms. The first-order valence-corrected chi connectivity index (χ1v) is 7.22. The number of rotatable bonds is 3. The molecular weight excluding hydrogens is 329 g/mol. The first-order chi connectivity index (χ1) is 9.42. The molecular formula is C14H15BrFNO3. The first-order valence-electron chi connectivity index (χ1n) is 6.43. The average molecular weight is 344 g/mol. The summed E-state index contributed by atoms with van der Waals surface area (Å²) in [6.45, 7) is 2.13. The summed E-state index contributed by atoms with van der Waals surface area (Å²) in [7, 11) is 0. The van der Waals surface area contributed by atoms with Crippen LogP contribution < -0.4 is 0 Å². The number of carbonyl (C=O) groups is 2. The van der Waals surface area contributed by atoms with Crippen LogP contribution in [0.1, 0.15) is 36.5 Å². The Labute approximate surface area is 124 Å². The Hall–Kier alpha value is -1.43. The number of hydrogen-bond acceptors (Lipinski definition) is 2. The van der Waals surface area contributed by atoms with E-state index in [1.165, 1.54) is 17.0 Å². The number of nitrogens with zero attached hydrogens (tertiary/aromatic N) is 1. The summed E-state index contributed by atoms with van der Waals surface area (Å²) in [6, 6.07) is 3.83. The molecule has 0 aromatic heterocycles. The third-order valence-electron chi connectivity index (χ3n) is 3.88. The molecule has 1 unspecified atom stereocenters. The van der Waals surface area contributed by atoms with Crippen LogP contribution in [-0.4, -0.2) is 34.0 Å². The molecule has 1 atom stereocenters. The van der Waals surface area contributed by atoms with Gasteiger partial charge < -0.3 is 10.0 Å². The maximum absolute atomic E-state index is 13.3. The van der Waals surface area contributed by atoms with Crippen molar-refractivity contribution < 1.29 is 19.1 Å². The summed E-state index contributed by atoms with van der Waals surface area (Å²) < 4.78 is 13.8. The van der Waals surface area contributed by atoms with E-state index in [1.807, 2.05) is 0 Å². The Morgan fingerprint density at radius 3 is 2.80 bits per heavy atom. The predicted molar refractivity (Wildman–Crippen MR) is 75.0 cm³/mol. The fourth-order valence-corrected chi connectivity index (χ4v) is 3.14. The lowest BCUT2D eigenvalue weighted by atomic mass is 9.92. The maximum Gasteiger partial charge on any atom is 0.329 e. The van der Waals surface area contributed by atoms with Crippen LogP contribution in [0.25, 0.3) is 0 Å². The summed E-state index contributed by atoms with van der Waals surface area (Å²) >= 11 is 3.21. The number of likely N-dealkylation sites (tertiary alicyclic amines) is 1. The quantitative estimate of drug-likeness (QED) is 0.917. The molecule has 1 aromatic rings. The van der Waals surface area contributed by atoms with Crippen LogP contribution in [0, 0.1) is 5.82 Å². The minimum absolute atomic E-state index is 0.158. The van der Waals surface area contributed by atoms with Crippen LogP contribution in [0.15, 0.2) is 22.7 Å². The molecule has 0 spiro atoms. The van der Waals surface area contributed by atoms with Crippen molar-refractivity contribution in [3.8, 4) is 0 Å². The highest BCUT2D eigenvalue weighted by Gasteiger charge is 2.48. The van der Waals surface area contributed by atoms with E-state index in [4.69, 9.17) is 0 Å². The molecule has 2 rings (SSSR count). The van der Waals surface area contributed by atoms with Crippen LogP contribution in [0.3, 0.4) is 0 Å². The zero-order valence-electron chi connectivity index (χ0n) is 11.0. The van der Waals surface area contributed by atoms with E-state index < -0.39 is 23.2 Å². The van der Waals surface area contributed by atoms with E-state index >= 15 is 0 Å². The summed E-state index contributed by atoms with van der Waals surface area (Å²) in [4.78, 5) is 25.5. The van der Waals surface area contributed by atoms with Gasteiger partial charge in [-0.15, -0.1) is 0 Å². The SMILES string of the molecule is CCC1(C(=O)O)CCCN1C(=O)c1cc(F)ccc1Br. The van der Waals surface area contributed by atoms with Crippen molar-refractivity contribution >= 4 is 27.8 Å². The molecule has 1 N–H and O–H groups in total. The van der Waals surface area contributed by atoms with Gasteiger partial charge in [-0.25, -0.2) is 9.18 Å². The predicted octanol–water partition coefficient (Wildman–Crippen LogP) is 3.06. The highest BCUT2D eigenvalue weighted by Crippen LogP contribution is 2.35. The Morgan fingerprint density at radius 2 is 2.20 bits per heavy atom. The number of hydrogen-bond donors (Lipinski definition) is 1. The Kier molecular flexibility index (Phi) is 4.13. The van der Waals surface area contributed by atoms with Crippen molar-refractivity contribution in [2.75, 3.05) is 6.54 Å². The highest BCUT2D eigenvalue weighted by molar-refractivity contribution is 9.10. The van der Waals surface area contributed by atoms with Gasteiger partial charge in [-0.1, -0.05) is 6.92 Å². The summed E-state index contributed by atoms with van der Waals surface area (Å²) in [6.07, 6.45) is 1.40. The van der Waals surface area contributed by atoms with Gasteiger partial charge in [-0.3, -0.25) is 4.79 Å². The van der Waals surface area contributed by atoms with Crippen molar-refractivity contribution in [3.05, 3.63) is 34.1 Å². The molecule has 1 amide bonds. The zero-order chi connectivity index (χ0) is 14.9. The Bertz CT molecular complexity index is 563. The zero-order valence-corrected chi connectivity index (χ0v) is 12.6.